The van der Waals surface area contributed by atoms with E-state index < -0.39 is 29.7 Å². The highest BCUT2D eigenvalue weighted by Gasteiger charge is 2.32. The molecular formula is C49H65F2N9O8. The third kappa shape index (κ3) is 13.8. The molecule has 0 atom stereocenters. The maximum atomic E-state index is 14.3. The molecule has 3 aromatic heterocycles. The fraction of sp³-hybridized carbons (Fsp3) is 0.571. The molecule has 0 saturated heterocycles. The number of oxazole rings is 1. The van der Waals surface area contributed by atoms with E-state index >= 15 is 0 Å². The molecule has 7 rings (SSSR count). The molecular weight excluding hydrogens is 881 g/mol. The lowest BCUT2D eigenvalue weighted by Gasteiger charge is -2.31. The summed E-state index contributed by atoms with van der Waals surface area (Å²) < 4.78 is 52.1. The summed E-state index contributed by atoms with van der Waals surface area (Å²) in [5.74, 6) is 0.888. The van der Waals surface area contributed by atoms with Gasteiger partial charge in [0.25, 0.3) is 24.1 Å². The molecule has 4 amide bonds. The molecule has 4 heterocycles. The first-order valence-electron chi connectivity index (χ1n) is 23.7. The minimum atomic E-state index is -2.91. The Labute approximate surface area is 396 Å². The van der Waals surface area contributed by atoms with Crippen LogP contribution in [0.15, 0.2) is 53.4 Å². The molecule has 0 bridgehead atoms. The Hall–Kier alpha value is -5.95. The number of aryl methyl sites for hydroxylation is 1. The summed E-state index contributed by atoms with van der Waals surface area (Å²) in [4.78, 5) is 65.7. The normalized spacial score (nSPS) is 17.2. The zero-order valence-corrected chi connectivity index (χ0v) is 39.8. The highest BCUT2D eigenvalue weighted by molar-refractivity contribution is 6.03. The number of fused-ring (bicyclic) bond motifs is 1. The molecule has 0 spiro atoms. The number of carbonyl (C=O) groups is 4. The second kappa shape index (κ2) is 22.9. The number of amides is 4. The first kappa shape index (κ1) is 49.9. The number of methoxy groups -OCH3 is 1. The maximum Gasteiger partial charge on any atom is 0.416 e. The van der Waals surface area contributed by atoms with Gasteiger partial charge in [0.1, 0.15) is 30.0 Å². The Morgan fingerprint density at radius 1 is 0.971 bits per heavy atom. The number of hydrogen-bond donors (Lipinski definition) is 2. The van der Waals surface area contributed by atoms with Crippen molar-refractivity contribution in [1.29, 1.82) is 0 Å². The molecule has 4 aromatic rings. The van der Waals surface area contributed by atoms with Crippen LogP contribution in [-0.4, -0.2) is 114 Å². The fourth-order valence-corrected chi connectivity index (χ4v) is 8.74. The minimum absolute atomic E-state index is 0.0323. The van der Waals surface area contributed by atoms with Crippen LogP contribution in [0.25, 0.3) is 11.5 Å². The largest absolute Gasteiger partial charge is 0.484 e. The van der Waals surface area contributed by atoms with Crippen molar-refractivity contribution in [3.05, 3.63) is 65.9 Å². The Morgan fingerprint density at radius 3 is 2.47 bits per heavy atom. The predicted octanol–water partition coefficient (Wildman–Crippen LogP) is 8.23. The molecule has 2 saturated carbocycles. The number of hydrogen-bond acceptors (Lipinski definition) is 12. The second-order valence-corrected chi connectivity index (χ2v) is 19.1. The summed E-state index contributed by atoms with van der Waals surface area (Å²) in [7, 11) is 3.62. The topological polar surface area (TPSA) is 186 Å². The van der Waals surface area contributed by atoms with E-state index in [1.165, 1.54) is 24.4 Å². The van der Waals surface area contributed by atoms with Crippen LogP contribution in [-0.2, 0) is 25.5 Å². The van der Waals surface area contributed by atoms with Crippen molar-refractivity contribution < 1.29 is 46.6 Å². The molecule has 19 heteroatoms. The quantitative estimate of drug-likeness (QED) is 0.0764. The zero-order chi connectivity index (χ0) is 48.4. The van der Waals surface area contributed by atoms with E-state index in [4.69, 9.17) is 18.6 Å². The van der Waals surface area contributed by atoms with E-state index in [-0.39, 0.29) is 48.3 Å². The van der Waals surface area contributed by atoms with Crippen molar-refractivity contribution in [2.75, 3.05) is 75.2 Å². The standard InChI is InChI=1S/C49H65F2N9O8/c1-49(2,3)68-48(64)59(27-33-11-12-33)41-25-35(19-21-52-41)47-55-39(29-67-47)46(63)54-38-28-60(56-44(38)45(50)51)36-15-13-32(14-16-36)26-57(4)22-8-6-7-20-53-42(61)30-66-37-17-18-40-34(24-37)10-9-23-58(40)43(62)31-65-5/h17-19,21,24-25,28-29,32-33,36,45H,6-16,20,22-23,26-27,30-31H2,1-5H3,(H,53,61)(H,54,63). The highest BCUT2D eigenvalue weighted by atomic mass is 19.3. The van der Waals surface area contributed by atoms with Gasteiger partial charge in [-0.1, -0.05) is 6.42 Å². The summed E-state index contributed by atoms with van der Waals surface area (Å²) in [5, 5.41) is 9.75. The van der Waals surface area contributed by atoms with Gasteiger partial charge >= 0.3 is 6.09 Å². The lowest BCUT2D eigenvalue weighted by molar-refractivity contribution is -0.123. The highest BCUT2D eigenvalue weighted by Crippen LogP contribution is 2.36. The number of pyridine rings is 1. The molecule has 2 N–H and O–H groups in total. The van der Waals surface area contributed by atoms with Crippen molar-refractivity contribution in [3.63, 3.8) is 0 Å². The number of nitrogens with one attached hydrogen (secondary N) is 2. The van der Waals surface area contributed by atoms with Crippen molar-refractivity contribution in [2.24, 2.45) is 11.8 Å². The third-order valence-electron chi connectivity index (χ3n) is 12.4. The number of unbranched alkanes of at least 4 members (excludes halogenated alkanes) is 2. The summed E-state index contributed by atoms with van der Waals surface area (Å²) in [6.45, 7) is 8.87. The summed E-state index contributed by atoms with van der Waals surface area (Å²) >= 11 is 0. The number of aromatic nitrogens is 4. The van der Waals surface area contributed by atoms with E-state index in [2.05, 4.69) is 37.6 Å². The van der Waals surface area contributed by atoms with Crippen molar-refractivity contribution in [3.8, 4) is 17.2 Å². The van der Waals surface area contributed by atoms with Crippen LogP contribution >= 0.6 is 0 Å². The summed E-state index contributed by atoms with van der Waals surface area (Å²) in [5.41, 5.74) is 0.950. The van der Waals surface area contributed by atoms with Gasteiger partial charge in [-0.25, -0.2) is 23.5 Å². The van der Waals surface area contributed by atoms with Crippen LogP contribution in [0.2, 0.25) is 0 Å². The molecule has 2 aliphatic carbocycles. The van der Waals surface area contributed by atoms with Gasteiger partial charge in [-0.15, -0.1) is 0 Å². The molecule has 3 aliphatic rings. The fourth-order valence-electron chi connectivity index (χ4n) is 8.74. The van der Waals surface area contributed by atoms with E-state index in [1.54, 1.807) is 48.6 Å². The Morgan fingerprint density at radius 2 is 1.74 bits per heavy atom. The summed E-state index contributed by atoms with van der Waals surface area (Å²) in [6.07, 6.45) is 10.6. The van der Waals surface area contributed by atoms with E-state index in [9.17, 15) is 28.0 Å². The van der Waals surface area contributed by atoms with E-state index in [1.807, 2.05) is 12.1 Å². The molecule has 2 fully saturated rings. The smallest absolute Gasteiger partial charge is 0.416 e. The SMILES string of the molecule is COCC(=O)N1CCCc2cc(OCC(=O)NCCCCCN(C)CC3CCC(n4cc(NC(=O)c5coc(-c6ccnc(N(CC7CC7)C(=O)OC(C)(C)C)c6)n5)c(C(F)F)n4)CC3)ccc21. The van der Waals surface area contributed by atoms with Crippen LogP contribution in [0.5, 0.6) is 5.75 Å². The second-order valence-electron chi connectivity index (χ2n) is 19.1. The van der Waals surface area contributed by atoms with Crippen LogP contribution in [0.1, 0.15) is 119 Å². The summed E-state index contributed by atoms with van der Waals surface area (Å²) in [6, 6.07) is 8.75. The molecule has 68 heavy (non-hydrogen) atoms. The van der Waals surface area contributed by atoms with Crippen LogP contribution in [0.3, 0.4) is 0 Å². The Bertz CT molecular complexity index is 2350. The number of ether oxygens (including phenoxy) is 3. The monoisotopic (exact) mass is 945 g/mol. The third-order valence-corrected chi connectivity index (χ3v) is 12.4. The lowest BCUT2D eigenvalue weighted by Crippen LogP contribution is -2.38. The Balaban J connectivity index is 0.810. The van der Waals surface area contributed by atoms with Crippen LogP contribution in [0, 0.1) is 11.8 Å². The van der Waals surface area contributed by atoms with Gasteiger partial charge in [0.15, 0.2) is 18.0 Å². The molecule has 0 radical (unpaired) electrons. The number of benzene rings is 1. The molecule has 1 aliphatic heterocycles. The van der Waals surface area contributed by atoms with Crippen molar-refractivity contribution >= 4 is 41.0 Å². The average Bonchev–Trinajstić information content (AvgIpc) is 3.81. The van der Waals surface area contributed by atoms with Crippen LogP contribution in [0.4, 0.5) is 30.8 Å². The van der Waals surface area contributed by atoms with Gasteiger partial charge in [-0.2, -0.15) is 5.10 Å². The number of carbonyl (C=O) groups excluding carboxylic acids is 4. The molecule has 368 valence electrons. The van der Waals surface area contributed by atoms with Crippen LogP contribution < -0.4 is 25.2 Å². The van der Waals surface area contributed by atoms with Gasteiger partial charge in [0.05, 0.1) is 11.7 Å². The molecule has 17 nitrogen and oxygen atoms in total. The number of halogens is 2. The van der Waals surface area contributed by atoms with Gasteiger partial charge in [-0.05, 0) is 146 Å². The van der Waals surface area contributed by atoms with Gasteiger partial charge in [-0.3, -0.25) is 24.0 Å². The first-order chi connectivity index (χ1) is 32.6. The number of nitrogens with zero attached hydrogens (tertiary/aromatic N) is 7. The van der Waals surface area contributed by atoms with Crippen molar-refractivity contribution in [2.45, 2.75) is 109 Å². The first-order valence-corrected chi connectivity index (χ1v) is 23.7. The van der Waals surface area contributed by atoms with Gasteiger partial charge < -0.3 is 39.1 Å². The van der Waals surface area contributed by atoms with E-state index in [0.29, 0.717) is 48.6 Å². The van der Waals surface area contributed by atoms with Gasteiger partial charge in [0, 0.05) is 56.9 Å². The number of alkyl halides is 2. The average molecular weight is 946 g/mol. The number of rotatable bonds is 21. The lowest BCUT2D eigenvalue weighted by atomic mass is 9.86. The minimum Gasteiger partial charge on any atom is -0.484 e. The predicted molar refractivity (Wildman–Crippen MR) is 251 cm³/mol. The number of anilines is 3. The Kier molecular flexibility index (Phi) is 16.8. The maximum absolute atomic E-state index is 14.3. The molecule has 0 unspecified atom stereocenters. The van der Waals surface area contributed by atoms with E-state index in [0.717, 1.165) is 101 Å². The molecule has 1 aromatic carbocycles. The van der Waals surface area contributed by atoms with Crippen molar-refractivity contribution in [1.82, 2.24) is 30.0 Å². The van der Waals surface area contributed by atoms with Gasteiger partial charge in [0.2, 0.25) is 5.89 Å². The zero-order valence-electron chi connectivity index (χ0n) is 39.8.